The Morgan fingerprint density at radius 2 is 1.75 bits per heavy atom. The second-order valence-corrected chi connectivity index (χ2v) is 10.4. The molecular weight excluding hydrogens is 468 g/mol. The molecule has 1 heterocycles. The quantitative estimate of drug-likeness (QED) is 0.295. The summed E-state index contributed by atoms with van der Waals surface area (Å²) in [7, 11) is -3.90. The third-order valence-electron chi connectivity index (χ3n) is 4.57. The summed E-state index contributed by atoms with van der Waals surface area (Å²) in [5.41, 5.74) is 2.30. The standard InChI is InChI=1S/C22H25ClN4O3S2/c1-14-10-19(15(2)9-18(14)23)32(29,30)27-21-11-20(24-16(3)12-28)25-22(26-21)31-13-17-7-5-4-6-8-17/h4-11,16,28H,12-13H2,1-3H3,(H2,24,25,26,27)/t16-/m1/s1. The van der Waals surface area contributed by atoms with Crippen LogP contribution in [-0.2, 0) is 15.8 Å². The highest BCUT2D eigenvalue weighted by Crippen LogP contribution is 2.27. The number of aliphatic hydroxyl groups excluding tert-OH is 1. The van der Waals surface area contributed by atoms with Crippen molar-refractivity contribution >= 4 is 45.0 Å². The Morgan fingerprint density at radius 1 is 1.06 bits per heavy atom. The summed E-state index contributed by atoms with van der Waals surface area (Å²) in [6.07, 6.45) is 0. The van der Waals surface area contributed by atoms with E-state index in [2.05, 4.69) is 20.0 Å². The zero-order valence-electron chi connectivity index (χ0n) is 18.0. The zero-order valence-corrected chi connectivity index (χ0v) is 20.4. The van der Waals surface area contributed by atoms with E-state index in [9.17, 15) is 13.5 Å². The smallest absolute Gasteiger partial charge is 0.263 e. The first kappa shape index (κ1) is 24.3. The van der Waals surface area contributed by atoms with Crippen LogP contribution in [0.4, 0.5) is 11.6 Å². The van der Waals surface area contributed by atoms with Crippen molar-refractivity contribution in [2.24, 2.45) is 0 Å². The van der Waals surface area contributed by atoms with E-state index in [0.717, 1.165) is 5.56 Å². The van der Waals surface area contributed by atoms with Gasteiger partial charge < -0.3 is 10.4 Å². The van der Waals surface area contributed by atoms with Crippen molar-refractivity contribution in [3.8, 4) is 0 Å². The second-order valence-electron chi connectivity index (χ2n) is 7.40. The lowest BCUT2D eigenvalue weighted by Gasteiger charge is -2.15. The molecule has 170 valence electrons. The molecule has 3 N–H and O–H groups in total. The summed E-state index contributed by atoms with van der Waals surface area (Å²) in [5, 5.41) is 13.3. The molecule has 0 spiro atoms. The molecule has 3 aromatic rings. The van der Waals surface area contributed by atoms with Gasteiger partial charge in [-0.05, 0) is 49.6 Å². The normalized spacial score (nSPS) is 12.4. The number of aromatic nitrogens is 2. The first-order chi connectivity index (χ1) is 15.2. The number of rotatable bonds is 9. The van der Waals surface area contributed by atoms with Gasteiger partial charge in [0.25, 0.3) is 10.0 Å². The van der Waals surface area contributed by atoms with E-state index >= 15 is 0 Å². The van der Waals surface area contributed by atoms with E-state index in [1.165, 1.54) is 17.8 Å². The van der Waals surface area contributed by atoms with Crippen molar-refractivity contribution < 1.29 is 13.5 Å². The molecule has 0 aliphatic rings. The Labute approximate surface area is 197 Å². The molecule has 0 aliphatic heterocycles. The van der Waals surface area contributed by atoms with Gasteiger partial charge in [-0.25, -0.2) is 18.4 Å². The number of hydrogen-bond donors (Lipinski definition) is 3. The molecule has 1 atom stereocenters. The van der Waals surface area contributed by atoms with Crippen molar-refractivity contribution in [3.05, 3.63) is 70.2 Å². The summed E-state index contributed by atoms with van der Waals surface area (Å²) < 4.78 is 28.7. The number of halogens is 1. The van der Waals surface area contributed by atoms with Crippen LogP contribution in [-0.4, -0.2) is 36.1 Å². The number of anilines is 2. The van der Waals surface area contributed by atoms with Crippen LogP contribution < -0.4 is 10.0 Å². The lowest BCUT2D eigenvalue weighted by molar-refractivity contribution is 0.281. The number of nitrogens with one attached hydrogen (secondary N) is 2. The molecule has 32 heavy (non-hydrogen) atoms. The van der Waals surface area contributed by atoms with E-state index in [1.807, 2.05) is 30.3 Å². The number of benzene rings is 2. The molecule has 0 saturated carbocycles. The van der Waals surface area contributed by atoms with E-state index in [-0.39, 0.29) is 23.4 Å². The monoisotopic (exact) mass is 492 g/mol. The third kappa shape index (κ3) is 6.35. The molecule has 10 heteroatoms. The lowest BCUT2D eigenvalue weighted by Crippen LogP contribution is -2.21. The lowest BCUT2D eigenvalue weighted by atomic mass is 10.2. The van der Waals surface area contributed by atoms with Crippen molar-refractivity contribution in [3.63, 3.8) is 0 Å². The van der Waals surface area contributed by atoms with Gasteiger partial charge in [0.05, 0.1) is 11.5 Å². The highest BCUT2D eigenvalue weighted by molar-refractivity contribution is 7.98. The van der Waals surface area contributed by atoms with E-state index < -0.39 is 10.0 Å². The Balaban J connectivity index is 1.91. The maximum absolute atomic E-state index is 13.1. The minimum atomic E-state index is -3.90. The Hall–Kier alpha value is -2.33. The van der Waals surface area contributed by atoms with Crippen molar-refractivity contribution in [1.82, 2.24) is 9.97 Å². The summed E-state index contributed by atoms with van der Waals surface area (Å²) >= 11 is 7.51. The van der Waals surface area contributed by atoms with Crippen LogP contribution in [0.15, 0.2) is 58.6 Å². The molecule has 0 saturated heterocycles. The second kappa shape index (κ2) is 10.5. The van der Waals surface area contributed by atoms with Crippen LogP contribution in [0, 0.1) is 13.8 Å². The van der Waals surface area contributed by atoms with Crippen molar-refractivity contribution in [2.45, 2.75) is 42.6 Å². The summed E-state index contributed by atoms with van der Waals surface area (Å²) in [5.74, 6) is 1.18. The van der Waals surface area contributed by atoms with Crippen LogP contribution >= 0.6 is 23.4 Å². The molecule has 2 aromatic carbocycles. The Bertz CT molecular complexity index is 1190. The average molecular weight is 493 g/mol. The largest absolute Gasteiger partial charge is 0.394 e. The van der Waals surface area contributed by atoms with Gasteiger partial charge >= 0.3 is 0 Å². The number of nitrogens with zero attached hydrogens (tertiary/aromatic N) is 2. The highest BCUT2D eigenvalue weighted by Gasteiger charge is 2.20. The molecule has 7 nitrogen and oxygen atoms in total. The van der Waals surface area contributed by atoms with Gasteiger partial charge in [0.15, 0.2) is 5.16 Å². The van der Waals surface area contributed by atoms with Gasteiger partial charge in [0.1, 0.15) is 11.6 Å². The van der Waals surface area contributed by atoms with Gasteiger partial charge in [-0.2, -0.15) is 0 Å². The Morgan fingerprint density at radius 3 is 2.44 bits per heavy atom. The number of sulfonamides is 1. The predicted molar refractivity (Wildman–Crippen MR) is 130 cm³/mol. The van der Waals surface area contributed by atoms with Crippen molar-refractivity contribution in [2.75, 3.05) is 16.6 Å². The fourth-order valence-corrected chi connectivity index (χ4v) is 5.21. The van der Waals surface area contributed by atoms with Crippen LogP contribution in [0.25, 0.3) is 0 Å². The maximum Gasteiger partial charge on any atom is 0.263 e. The molecule has 0 unspecified atom stereocenters. The molecular formula is C22H25ClN4O3S2. The predicted octanol–water partition coefficient (Wildman–Crippen LogP) is 4.63. The van der Waals surface area contributed by atoms with Crippen LogP contribution in [0.1, 0.15) is 23.6 Å². The molecule has 3 rings (SSSR count). The molecule has 0 amide bonds. The molecule has 0 bridgehead atoms. The molecule has 1 aromatic heterocycles. The van der Waals surface area contributed by atoms with Gasteiger partial charge in [-0.15, -0.1) is 0 Å². The number of aryl methyl sites for hydroxylation is 2. The van der Waals surface area contributed by atoms with Gasteiger partial charge in [-0.3, -0.25) is 4.72 Å². The molecule has 0 radical (unpaired) electrons. The Kier molecular flexibility index (Phi) is 8.00. The number of hydrogen-bond acceptors (Lipinski definition) is 7. The fraction of sp³-hybridized carbons (Fsp3) is 0.273. The number of aliphatic hydroxyl groups is 1. The average Bonchev–Trinajstić information content (AvgIpc) is 2.75. The summed E-state index contributed by atoms with van der Waals surface area (Å²) in [6.45, 7) is 5.14. The van der Waals surface area contributed by atoms with Crippen LogP contribution in [0.3, 0.4) is 0 Å². The summed E-state index contributed by atoms with van der Waals surface area (Å²) in [6, 6.07) is 14.3. The van der Waals surface area contributed by atoms with E-state index in [1.54, 1.807) is 32.9 Å². The van der Waals surface area contributed by atoms with Gasteiger partial charge in [0, 0.05) is 22.9 Å². The fourth-order valence-electron chi connectivity index (χ4n) is 2.87. The van der Waals surface area contributed by atoms with Crippen LogP contribution in [0.5, 0.6) is 0 Å². The third-order valence-corrected chi connectivity index (χ3v) is 7.39. The topological polar surface area (TPSA) is 104 Å². The van der Waals surface area contributed by atoms with Crippen LogP contribution in [0.2, 0.25) is 5.02 Å². The van der Waals surface area contributed by atoms with Gasteiger partial charge in [0.2, 0.25) is 0 Å². The van der Waals surface area contributed by atoms with E-state index in [4.69, 9.17) is 11.6 Å². The minimum Gasteiger partial charge on any atom is -0.394 e. The SMILES string of the molecule is Cc1cc(S(=O)(=O)Nc2cc(N[C@H](C)CO)nc(SCc3ccccc3)n2)c(C)cc1Cl. The zero-order chi connectivity index (χ0) is 23.3. The summed E-state index contributed by atoms with van der Waals surface area (Å²) in [4.78, 5) is 8.99. The molecule has 0 aliphatic carbocycles. The first-order valence-corrected chi connectivity index (χ1v) is 12.8. The first-order valence-electron chi connectivity index (χ1n) is 9.90. The number of thioether (sulfide) groups is 1. The molecule has 0 fully saturated rings. The van der Waals surface area contributed by atoms with Crippen molar-refractivity contribution in [1.29, 1.82) is 0 Å². The minimum absolute atomic E-state index is 0.0964. The maximum atomic E-state index is 13.1. The van der Waals surface area contributed by atoms with E-state index in [0.29, 0.717) is 32.9 Å². The van der Waals surface area contributed by atoms with Gasteiger partial charge in [-0.1, -0.05) is 53.7 Å². The highest BCUT2D eigenvalue weighted by atomic mass is 35.5.